The number of nitrogens with zero attached hydrogens (tertiary/aromatic N) is 5. The maximum absolute atomic E-state index is 6.63. The van der Waals surface area contributed by atoms with Gasteiger partial charge in [0.05, 0.1) is 34.3 Å². The van der Waals surface area contributed by atoms with Crippen molar-refractivity contribution in [3.63, 3.8) is 0 Å². The Kier molecular flexibility index (Phi) is 5.63. The molecule has 0 amide bonds. The molecule has 11 rings (SSSR count). The molecule has 0 atom stereocenters. The molecule has 236 valence electrons. The van der Waals surface area contributed by atoms with Crippen LogP contribution in [0.3, 0.4) is 0 Å². The molecule has 10 aromatic rings. The van der Waals surface area contributed by atoms with Gasteiger partial charge in [-0.25, -0.2) is 4.98 Å². The van der Waals surface area contributed by atoms with Gasteiger partial charge in [0.1, 0.15) is 17.1 Å². The third-order valence-corrected chi connectivity index (χ3v) is 10.2. The van der Waals surface area contributed by atoms with E-state index >= 15 is 0 Å². The fraction of sp³-hybridized carbons (Fsp3) is 0.0227. The van der Waals surface area contributed by atoms with Crippen LogP contribution in [-0.2, 0) is 0 Å². The molecule has 6 heteroatoms. The zero-order chi connectivity index (χ0) is 32.8. The van der Waals surface area contributed by atoms with Crippen LogP contribution in [0.25, 0.3) is 65.5 Å². The molecule has 0 radical (unpaired) electrons. The minimum absolute atomic E-state index is 0.736. The number of fused-ring (bicyclic) bond motifs is 10. The van der Waals surface area contributed by atoms with E-state index in [1.807, 2.05) is 24.4 Å². The molecule has 0 N–H and O–H groups in total. The van der Waals surface area contributed by atoms with Crippen molar-refractivity contribution >= 4 is 76.9 Å². The van der Waals surface area contributed by atoms with Crippen molar-refractivity contribution in [2.45, 2.75) is 0 Å². The van der Waals surface area contributed by atoms with Gasteiger partial charge in [0.15, 0.2) is 0 Å². The minimum atomic E-state index is 0.736. The van der Waals surface area contributed by atoms with Crippen LogP contribution < -0.4 is 14.5 Å². The van der Waals surface area contributed by atoms with E-state index in [0.29, 0.717) is 0 Å². The Morgan fingerprint density at radius 2 is 1.08 bits per heavy atom. The number of hydrogen-bond donors (Lipinski definition) is 0. The summed E-state index contributed by atoms with van der Waals surface area (Å²) in [7, 11) is 0. The van der Waals surface area contributed by atoms with Crippen LogP contribution in [0.5, 0.6) is 11.5 Å². The minimum Gasteiger partial charge on any atom is -0.457 e. The Bertz CT molecular complexity index is 3010. The van der Waals surface area contributed by atoms with Gasteiger partial charge < -0.3 is 18.9 Å². The van der Waals surface area contributed by atoms with Crippen molar-refractivity contribution in [3.05, 3.63) is 164 Å². The first-order valence-electron chi connectivity index (χ1n) is 16.9. The smallest absolute Gasteiger partial charge is 0.145 e. The van der Waals surface area contributed by atoms with E-state index in [2.05, 4.69) is 158 Å². The summed E-state index contributed by atoms with van der Waals surface area (Å²) in [6.45, 7) is 0.736. The quantitative estimate of drug-likeness (QED) is 0.191. The second kappa shape index (κ2) is 10.4. The van der Waals surface area contributed by atoms with Crippen LogP contribution in [0.2, 0.25) is 0 Å². The van der Waals surface area contributed by atoms with E-state index in [-0.39, 0.29) is 0 Å². The summed E-state index contributed by atoms with van der Waals surface area (Å²) in [5, 5.41) is 7.07. The summed E-state index contributed by atoms with van der Waals surface area (Å²) in [4.78, 5) is 9.53. The Hall–Kier alpha value is -6.79. The van der Waals surface area contributed by atoms with Gasteiger partial charge >= 0.3 is 0 Å². The highest BCUT2D eigenvalue weighted by atomic mass is 16.5. The highest BCUT2D eigenvalue weighted by Crippen LogP contribution is 2.41. The topological polar surface area (TPSA) is 37.4 Å². The number of ether oxygens (including phenoxy) is 1. The molecular weight excluding hydrogens is 615 g/mol. The number of rotatable bonds is 4. The first-order chi connectivity index (χ1) is 24.8. The molecule has 4 aromatic heterocycles. The van der Waals surface area contributed by atoms with Gasteiger partial charge in [-0.2, -0.15) is 0 Å². The van der Waals surface area contributed by atoms with Crippen LogP contribution in [0.15, 0.2) is 164 Å². The molecule has 6 aromatic carbocycles. The predicted octanol–water partition coefficient (Wildman–Crippen LogP) is 10.9. The van der Waals surface area contributed by atoms with E-state index in [0.717, 1.165) is 62.2 Å². The third kappa shape index (κ3) is 3.87. The number of benzene rings is 6. The van der Waals surface area contributed by atoms with Gasteiger partial charge in [0.25, 0.3) is 0 Å². The molecule has 0 unspecified atom stereocenters. The lowest BCUT2D eigenvalue weighted by Crippen LogP contribution is -2.24. The summed E-state index contributed by atoms with van der Waals surface area (Å²) in [5.41, 5.74) is 8.85. The Labute approximate surface area is 286 Å². The average Bonchev–Trinajstić information content (AvgIpc) is 3.88. The van der Waals surface area contributed by atoms with Crippen LogP contribution in [0, 0.1) is 0 Å². The molecule has 0 fully saturated rings. The largest absolute Gasteiger partial charge is 0.457 e. The maximum atomic E-state index is 6.63. The number of hydrogen-bond acceptors (Lipinski definition) is 4. The highest BCUT2D eigenvalue weighted by molar-refractivity contribution is 6.23. The SMILES string of the molecule is C1=CN(c2cccc(Oc3ccc4c5cccc6c5n(c4c3)c3ncccc3c3cccc4c5ccccc5n6c43)c2)CN1c1ccccc1. The average molecular weight is 644 g/mol. The summed E-state index contributed by atoms with van der Waals surface area (Å²) in [6.07, 6.45) is 6.13. The number of pyridine rings is 1. The van der Waals surface area contributed by atoms with Crippen LogP contribution >= 0.6 is 0 Å². The fourth-order valence-electron chi connectivity index (χ4n) is 8.00. The first kappa shape index (κ1) is 27.2. The Morgan fingerprint density at radius 1 is 0.440 bits per heavy atom. The lowest BCUT2D eigenvalue weighted by molar-refractivity contribution is 0.483. The fourth-order valence-corrected chi connectivity index (χ4v) is 8.00. The molecule has 1 aliphatic rings. The third-order valence-electron chi connectivity index (χ3n) is 10.2. The van der Waals surface area contributed by atoms with Crippen LogP contribution in [-0.4, -0.2) is 20.5 Å². The maximum Gasteiger partial charge on any atom is 0.145 e. The Morgan fingerprint density at radius 3 is 1.98 bits per heavy atom. The van der Waals surface area contributed by atoms with E-state index < -0.39 is 0 Å². The Balaban J connectivity index is 1.11. The van der Waals surface area contributed by atoms with Crippen molar-refractivity contribution in [1.82, 2.24) is 13.8 Å². The van der Waals surface area contributed by atoms with Gasteiger partial charge in [-0.1, -0.05) is 72.8 Å². The summed E-state index contributed by atoms with van der Waals surface area (Å²) in [6, 6.07) is 51.4. The van der Waals surface area contributed by atoms with Crippen molar-refractivity contribution < 1.29 is 4.74 Å². The lowest BCUT2D eigenvalue weighted by Gasteiger charge is -2.21. The molecule has 0 spiro atoms. The lowest BCUT2D eigenvalue weighted by atomic mass is 10.1. The van der Waals surface area contributed by atoms with E-state index in [1.165, 1.54) is 32.9 Å². The second-order valence-electron chi connectivity index (χ2n) is 12.9. The standard InChI is InChI=1S/C44H29N5O/c1-2-10-29(11-3-1)46-24-25-47(28-46)30-12-6-13-31(26-30)50-32-21-22-34-36-17-8-20-40-43(36)49(41(34)27-32)44-38(18-9-23-45-44)37-16-7-15-35-33-14-4-5-19-39(33)48(40)42(35)37/h1-27H,28H2. The van der Waals surface area contributed by atoms with Crippen molar-refractivity contribution in [2.75, 3.05) is 16.5 Å². The molecule has 0 saturated carbocycles. The van der Waals surface area contributed by atoms with E-state index in [9.17, 15) is 0 Å². The van der Waals surface area contributed by atoms with E-state index in [1.54, 1.807) is 0 Å². The number of para-hydroxylation sites is 4. The van der Waals surface area contributed by atoms with Crippen molar-refractivity contribution in [3.8, 4) is 11.5 Å². The zero-order valence-electron chi connectivity index (χ0n) is 26.9. The predicted molar refractivity (Wildman–Crippen MR) is 206 cm³/mol. The van der Waals surface area contributed by atoms with Crippen molar-refractivity contribution in [1.29, 1.82) is 0 Å². The summed E-state index contributed by atoms with van der Waals surface area (Å²) in [5.74, 6) is 1.55. The second-order valence-corrected chi connectivity index (χ2v) is 12.9. The number of anilines is 2. The molecule has 0 saturated heterocycles. The summed E-state index contributed by atoms with van der Waals surface area (Å²) >= 11 is 0. The van der Waals surface area contributed by atoms with Gasteiger partial charge in [-0.15, -0.1) is 0 Å². The normalized spacial score (nSPS) is 13.4. The summed E-state index contributed by atoms with van der Waals surface area (Å²) < 4.78 is 11.4. The van der Waals surface area contributed by atoms with Gasteiger partial charge in [-0.3, -0.25) is 4.40 Å². The van der Waals surface area contributed by atoms with Gasteiger partial charge in [0, 0.05) is 74.4 Å². The molecule has 0 bridgehead atoms. The monoisotopic (exact) mass is 643 g/mol. The first-order valence-corrected chi connectivity index (χ1v) is 16.9. The molecule has 5 heterocycles. The zero-order valence-corrected chi connectivity index (χ0v) is 26.9. The molecular formula is C44H29N5O. The van der Waals surface area contributed by atoms with Gasteiger partial charge in [-0.05, 0) is 60.7 Å². The molecule has 50 heavy (non-hydrogen) atoms. The molecule has 0 aliphatic carbocycles. The highest BCUT2D eigenvalue weighted by Gasteiger charge is 2.20. The molecule has 1 aliphatic heterocycles. The van der Waals surface area contributed by atoms with Gasteiger partial charge in [0.2, 0.25) is 0 Å². The number of aromatic nitrogens is 3. The van der Waals surface area contributed by atoms with Crippen LogP contribution in [0.1, 0.15) is 0 Å². The van der Waals surface area contributed by atoms with E-state index in [4.69, 9.17) is 9.72 Å². The van der Waals surface area contributed by atoms with Crippen LogP contribution in [0.4, 0.5) is 11.4 Å². The molecule has 6 nitrogen and oxygen atoms in total. The van der Waals surface area contributed by atoms with Crippen molar-refractivity contribution in [2.24, 2.45) is 0 Å².